The van der Waals surface area contributed by atoms with E-state index in [1.54, 1.807) is 7.11 Å². The molecule has 2 atom stereocenters. The summed E-state index contributed by atoms with van der Waals surface area (Å²) in [5.74, 6) is 2.40. The van der Waals surface area contributed by atoms with E-state index in [9.17, 15) is 4.79 Å². The molecule has 0 N–H and O–H groups in total. The highest BCUT2D eigenvalue weighted by atomic mass is 16.5. The molecule has 3 fully saturated rings. The lowest BCUT2D eigenvalue weighted by Gasteiger charge is -2.42. The van der Waals surface area contributed by atoms with Crippen LogP contribution in [0.3, 0.4) is 0 Å². The maximum absolute atomic E-state index is 12.9. The number of ether oxygens (including phenoxy) is 1. The summed E-state index contributed by atoms with van der Waals surface area (Å²) >= 11 is 0. The van der Waals surface area contributed by atoms with Crippen LogP contribution in [0.15, 0.2) is 30.3 Å². The van der Waals surface area contributed by atoms with Crippen LogP contribution in [0.4, 0.5) is 4.79 Å². The molecule has 1 heterocycles. The molecular weight excluding hydrogens is 444 g/mol. The van der Waals surface area contributed by atoms with Gasteiger partial charge in [0.15, 0.2) is 0 Å². The molecule has 1 aliphatic heterocycles. The average molecular weight is 497 g/mol. The van der Waals surface area contributed by atoms with Crippen LogP contribution in [0.2, 0.25) is 0 Å². The van der Waals surface area contributed by atoms with Crippen molar-refractivity contribution in [2.24, 2.45) is 23.2 Å². The molecule has 2 unspecified atom stereocenters. The molecule has 1 aromatic carbocycles. The smallest absolute Gasteiger partial charge is 0.409 e. The van der Waals surface area contributed by atoms with E-state index in [0.717, 1.165) is 43.4 Å². The van der Waals surface area contributed by atoms with Crippen molar-refractivity contribution in [1.82, 2.24) is 9.80 Å². The van der Waals surface area contributed by atoms with E-state index in [2.05, 4.69) is 60.9 Å². The lowest BCUT2D eigenvalue weighted by atomic mass is 9.71. The van der Waals surface area contributed by atoms with Gasteiger partial charge in [0.05, 0.1) is 7.11 Å². The Morgan fingerprint density at radius 1 is 0.917 bits per heavy atom. The van der Waals surface area contributed by atoms with Crippen LogP contribution >= 0.6 is 0 Å². The minimum absolute atomic E-state index is 0.0869. The molecule has 1 amide bonds. The Morgan fingerprint density at radius 2 is 1.58 bits per heavy atom. The van der Waals surface area contributed by atoms with Crippen LogP contribution in [0, 0.1) is 23.2 Å². The van der Waals surface area contributed by atoms with Crippen molar-refractivity contribution >= 4 is 6.09 Å². The van der Waals surface area contributed by atoms with E-state index in [0.29, 0.717) is 17.5 Å². The number of carbonyl (C=O) groups is 1. The molecule has 2 aliphatic carbocycles. The van der Waals surface area contributed by atoms with Crippen molar-refractivity contribution < 1.29 is 9.53 Å². The monoisotopic (exact) mass is 496 g/mol. The summed E-state index contributed by atoms with van der Waals surface area (Å²) in [6.07, 6.45) is 14.8. The fourth-order valence-electron chi connectivity index (χ4n) is 7.45. The third-order valence-electron chi connectivity index (χ3n) is 9.75. The van der Waals surface area contributed by atoms with Gasteiger partial charge in [-0.3, -0.25) is 0 Å². The molecule has 1 aromatic rings. The van der Waals surface area contributed by atoms with Crippen molar-refractivity contribution in [3.05, 3.63) is 35.9 Å². The van der Waals surface area contributed by atoms with Gasteiger partial charge in [-0.2, -0.15) is 0 Å². The fraction of sp³-hybridized carbons (Fsp3) is 0.781. The lowest BCUT2D eigenvalue weighted by molar-refractivity contribution is 0.0509. The molecule has 4 rings (SSSR count). The molecule has 4 nitrogen and oxygen atoms in total. The molecule has 202 valence electrons. The molecule has 36 heavy (non-hydrogen) atoms. The molecule has 0 aromatic heterocycles. The topological polar surface area (TPSA) is 32.8 Å². The maximum Gasteiger partial charge on any atom is 0.409 e. The summed E-state index contributed by atoms with van der Waals surface area (Å²) in [4.78, 5) is 17.8. The SMILES string of the molecule is COC(=O)N(C1CCC(C(C)(C)C)CC1)C1CCC(CN2CCC(CCCc3ccccc3)CC2)C1. The van der Waals surface area contributed by atoms with Crippen LogP contribution in [0.1, 0.15) is 97.0 Å². The highest BCUT2D eigenvalue weighted by Crippen LogP contribution is 2.41. The number of piperidine rings is 1. The Bertz CT molecular complexity index is 788. The summed E-state index contributed by atoms with van der Waals surface area (Å²) in [6.45, 7) is 10.8. The minimum atomic E-state index is -0.0869. The molecule has 0 radical (unpaired) electrons. The van der Waals surface area contributed by atoms with Gasteiger partial charge in [-0.05, 0) is 112 Å². The minimum Gasteiger partial charge on any atom is -0.453 e. The third-order valence-corrected chi connectivity index (χ3v) is 9.75. The van der Waals surface area contributed by atoms with Gasteiger partial charge in [-0.15, -0.1) is 0 Å². The molecule has 1 saturated heterocycles. The number of hydrogen-bond donors (Lipinski definition) is 0. The van der Waals surface area contributed by atoms with Crippen LogP contribution in [-0.2, 0) is 11.2 Å². The van der Waals surface area contributed by atoms with Crippen molar-refractivity contribution in [2.75, 3.05) is 26.7 Å². The second-order valence-electron chi connectivity index (χ2n) is 13.2. The van der Waals surface area contributed by atoms with E-state index in [1.165, 1.54) is 76.6 Å². The van der Waals surface area contributed by atoms with E-state index in [-0.39, 0.29) is 6.09 Å². The lowest BCUT2D eigenvalue weighted by Crippen LogP contribution is -2.48. The van der Waals surface area contributed by atoms with Crippen molar-refractivity contribution in [3.8, 4) is 0 Å². The fourth-order valence-corrected chi connectivity index (χ4v) is 7.45. The Balaban J connectivity index is 1.19. The number of rotatable bonds is 8. The molecule has 3 aliphatic rings. The average Bonchev–Trinajstić information content (AvgIpc) is 3.33. The highest BCUT2D eigenvalue weighted by Gasteiger charge is 2.40. The van der Waals surface area contributed by atoms with E-state index < -0.39 is 0 Å². The first-order valence-electron chi connectivity index (χ1n) is 15.0. The Kier molecular flexibility index (Phi) is 9.77. The van der Waals surface area contributed by atoms with Crippen molar-refractivity contribution in [3.63, 3.8) is 0 Å². The van der Waals surface area contributed by atoms with Gasteiger partial charge in [0.2, 0.25) is 0 Å². The maximum atomic E-state index is 12.9. The first-order chi connectivity index (χ1) is 17.3. The zero-order valence-electron chi connectivity index (χ0n) is 23.6. The van der Waals surface area contributed by atoms with Gasteiger partial charge in [-0.25, -0.2) is 4.79 Å². The second kappa shape index (κ2) is 12.8. The first-order valence-corrected chi connectivity index (χ1v) is 15.0. The summed E-state index contributed by atoms with van der Waals surface area (Å²) in [7, 11) is 1.56. The normalized spacial score (nSPS) is 28.2. The predicted octanol–water partition coefficient (Wildman–Crippen LogP) is 7.56. The van der Waals surface area contributed by atoms with Gasteiger partial charge in [-0.1, -0.05) is 57.5 Å². The number of hydrogen-bond acceptors (Lipinski definition) is 3. The van der Waals surface area contributed by atoms with Crippen molar-refractivity contribution in [2.45, 2.75) is 110 Å². The zero-order valence-corrected chi connectivity index (χ0v) is 23.6. The molecule has 4 heteroatoms. The van der Waals surface area contributed by atoms with E-state index in [1.807, 2.05) is 0 Å². The highest BCUT2D eigenvalue weighted by molar-refractivity contribution is 5.68. The number of methoxy groups -OCH3 is 1. The molecular formula is C32H52N2O2. The van der Waals surface area contributed by atoms with Gasteiger partial charge in [0.1, 0.15) is 0 Å². The third kappa shape index (κ3) is 7.49. The Hall–Kier alpha value is -1.55. The number of nitrogens with zero attached hydrogens (tertiary/aromatic N) is 2. The number of carbonyl (C=O) groups excluding carboxylic acids is 1. The first kappa shape index (κ1) is 27.5. The number of aryl methyl sites for hydroxylation is 1. The Morgan fingerprint density at radius 3 is 2.22 bits per heavy atom. The molecule has 0 spiro atoms. The summed E-state index contributed by atoms with van der Waals surface area (Å²) < 4.78 is 5.31. The Labute approximate surface area is 221 Å². The van der Waals surface area contributed by atoms with Crippen LogP contribution in [0.5, 0.6) is 0 Å². The molecule has 0 bridgehead atoms. The van der Waals surface area contributed by atoms with Gasteiger partial charge in [0.25, 0.3) is 0 Å². The number of amides is 1. The zero-order chi connectivity index (χ0) is 25.5. The van der Waals surface area contributed by atoms with Crippen molar-refractivity contribution in [1.29, 1.82) is 0 Å². The van der Waals surface area contributed by atoms with E-state index in [4.69, 9.17) is 4.74 Å². The number of likely N-dealkylation sites (tertiary alicyclic amines) is 1. The van der Waals surface area contributed by atoms with Crippen LogP contribution in [0.25, 0.3) is 0 Å². The van der Waals surface area contributed by atoms with Gasteiger partial charge in [0, 0.05) is 18.6 Å². The largest absolute Gasteiger partial charge is 0.453 e. The summed E-state index contributed by atoms with van der Waals surface area (Å²) in [5, 5.41) is 0. The van der Waals surface area contributed by atoms with Gasteiger partial charge < -0.3 is 14.5 Å². The standard InChI is InChI=1S/C32H52N2O2/c1-32(2,3)28-14-17-29(18-15-28)34(31(35)36-4)30-16-13-27(23-30)24-33-21-19-26(20-22-33)12-8-11-25-9-6-5-7-10-25/h5-7,9-10,26-30H,8,11-24H2,1-4H3. The van der Waals surface area contributed by atoms with Crippen LogP contribution in [-0.4, -0.2) is 54.7 Å². The quantitative estimate of drug-likeness (QED) is 0.372. The molecule has 2 saturated carbocycles. The summed E-state index contributed by atoms with van der Waals surface area (Å²) in [6, 6.07) is 11.7. The second-order valence-corrected chi connectivity index (χ2v) is 13.2. The predicted molar refractivity (Wildman–Crippen MR) is 149 cm³/mol. The van der Waals surface area contributed by atoms with Crippen LogP contribution < -0.4 is 0 Å². The van der Waals surface area contributed by atoms with E-state index >= 15 is 0 Å². The van der Waals surface area contributed by atoms with Gasteiger partial charge >= 0.3 is 6.09 Å². The number of benzene rings is 1. The summed E-state index contributed by atoms with van der Waals surface area (Å²) in [5.41, 5.74) is 1.85.